The van der Waals surface area contributed by atoms with Gasteiger partial charge in [0.1, 0.15) is 0 Å². The summed E-state index contributed by atoms with van der Waals surface area (Å²) < 4.78 is 4.69. The minimum atomic E-state index is -0.295. The topological polar surface area (TPSA) is 26.3 Å². The van der Waals surface area contributed by atoms with E-state index in [1.165, 1.54) is 55.6 Å². The van der Waals surface area contributed by atoms with E-state index in [4.69, 9.17) is 0 Å². The fourth-order valence-corrected chi connectivity index (χ4v) is 2.27. The zero-order valence-electron chi connectivity index (χ0n) is 12.9. The van der Waals surface area contributed by atoms with Crippen molar-refractivity contribution in [1.82, 2.24) is 0 Å². The van der Waals surface area contributed by atoms with Crippen molar-refractivity contribution in [1.29, 1.82) is 0 Å². The Kier molecular flexibility index (Phi) is 7.71. The normalized spacial score (nSPS) is 10.9. The number of ether oxygens (including phenoxy) is 1. The van der Waals surface area contributed by atoms with Crippen molar-refractivity contribution in [3.8, 4) is 0 Å². The second kappa shape index (κ2) is 9.35. The van der Waals surface area contributed by atoms with Crippen molar-refractivity contribution >= 4 is 12.0 Å². The van der Waals surface area contributed by atoms with Gasteiger partial charge in [0.05, 0.1) is 7.11 Å². The molecule has 1 rings (SSSR count). The Hall–Kier alpha value is -1.57. The molecule has 0 heterocycles. The Morgan fingerprint density at radius 3 is 2.10 bits per heavy atom. The molecule has 0 aliphatic rings. The van der Waals surface area contributed by atoms with Crippen LogP contribution >= 0.6 is 0 Å². The first-order valence-corrected chi connectivity index (χ1v) is 7.59. The minimum absolute atomic E-state index is 0.295. The molecule has 0 atom stereocenters. The van der Waals surface area contributed by atoms with Crippen LogP contribution < -0.4 is 0 Å². The molecule has 0 fully saturated rings. The molecule has 0 spiro atoms. The molecule has 2 nitrogen and oxygen atoms in total. The average Bonchev–Trinajstić information content (AvgIpc) is 2.48. The summed E-state index contributed by atoms with van der Waals surface area (Å²) in [6, 6.07) is 6.47. The predicted molar refractivity (Wildman–Crippen MR) is 84.7 cm³/mol. The smallest absolute Gasteiger partial charge is 0.330 e. The molecule has 0 aliphatic carbocycles. The summed E-state index contributed by atoms with van der Waals surface area (Å²) in [5, 5.41) is 0. The lowest BCUT2D eigenvalue weighted by Gasteiger charge is -2.11. The van der Waals surface area contributed by atoms with Crippen molar-refractivity contribution in [3.05, 3.63) is 41.0 Å². The number of hydrogen-bond donors (Lipinski definition) is 0. The number of carbonyl (C=O) groups excluding carboxylic acids is 1. The Labute approximate surface area is 122 Å². The number of hydrogen-bond acceptors (Lipinski definition) is 2. The monoisotopic (exact) mass is 274 g/mol. The largest absolute Gasteiger partial charge is 0.466 e. The summed E-state index contributed by atoms with van der Waals surface area (Å²) in [5.74, 6) is -0.295. The van der Waals surface area contributed by atoms with E-state index < -0.39 is 0 Å². The lowest BCUT2D eigenvalue weighted by Crippen LogP contribution is -1.99. The van der Waals surface area contributed by atoms with E-state index >= 15 is 0 Å². The first kappa shape index (κ1) is 16.5. The van der Waals surface area contributed by atoms with Gasteiger partial charge >= 0.3 is 5.97 Å². The Bertz CT molecular complexity index is 420. The zero-order chi connectivity index (χ0) is 14.8. The number of carbonyl (C=O) groups is 1. The molecule has 0 radical (unpaired) electrons. The Morgan fingerprint density at radius 1 is 1.10 bits per heavy atom. The second-order valence-electron chi connectivity index (χ2n) is 5.05. The van der Waals surface area contributed by atoms with Crippen LogP contribution in [0, 0.1) is 0 Å². The maximum absolute atomic E-state index is 11.3. The minimum Gasteiger partial charge on any atom is -0.466 e. The highest BCUT2D eigenvalue weighted by atomic mass is 16.5. The van der Waals surface area contributed by atoms with Gasteiger partial charge in [0.15, 0.2) is 0 Å². The summed E-state index contributed by atoms with van der Waals surface area (Å²) in [6.07, 6.45) is 10.3. The van der Waals surface area contributed by atoms with E-state index in [1.807, 2.05) is 6.08 Å². The number of aryl methyl sites for hydroxylation is 2. The third-order valence-corrected chi connectivity index (χ3v) is 3.47. The fourth-order valence-electron chi connectivity index (χ4n) is 2.27. The van der Waals surface area contributed by atoms with Gasteiger partial charge in [-0.15, -0.1) is 0 Å². The molecule has 0 N–H and O–H groups in total. The van der Waals surface area contributed by atoms with Crippen molar-refractivity contribution in [2.75, 3.05) is 7.11 Å². The highest BCUT2D eigenvalue weighted by Crippen LogP contribution is 2.21. The summed E-state index contributed by atoms with van der Waals surface area (Å²) in [6.45, 7) is 4.40. The van der Waals surface area contributed by atoms with Crippen LogP contribution in [0.2, 0.25) is 0 Å². The van der Waals surface area contributed by atoms with E-state index in [2.05, 4.69) is 36.8 Å². The maximum Gasteiger partial charge on any atom is 0.330 e. The molecule has 0 saturated carbocycles. The van der Waals surface area contributed by atoms with Crippen molar-refractivity contribution in [2.45, 2.75) is 52.4 Å². The molecular weight excluding hydrogens is 248 g/mol. The SMILES string of the molecule is CCCCc1cccc(CCCC)c1/C=C/C(=O)OC. The molecule has 20 heavy (non-hydrogen) atoms. The molecule has 0 unspecified atom stereocenters. The summed E-state index contributed by atoms with van der Waals surface area (Å²) in [4.78, 5) is 11.3. The van der Waals surface area contributed by atoms with Crippen molar-refractivity contribution in [3.63, 3.8) is 0 Å². The summed E-state index contributed by atoms with van der Waals surface area (Å²) in [7, 11) is 1.41. The molecule has 0 saturated heterocycles. The number of unbranched alkanes of at least 4 members (excludes halogenated alkanes) is 2. The number of benzene rings is 1. The molecular formula is C18H26O2. The fraction of sp³-hybridized carbons (Fsp3) is 0.500. The van der Waals surface area contributed by atoms with E-state index in [1.54, 1.807) is 0 Å². The highest BCUT2D eigenvalue weighted by Gasteiger charge is 2.06. The molecule has 1 aromatic rings. The van der Waals surface area contributed by atoms with E-state index in [-0.39, 0.29) is 5.97 Å². The van der Waals surface area contributed by atoms with Gasteiger partial charge in [0.2, 0.25) is 0 Å². The third kappa shape index (κ3) is 5.20. The quantitative estimate of drug-likeness (QED) is 0.513. The first-order chi connectivity index (χ1) is 9.72. The third-order valence-electron chi connectivity index (χ3n) is 3.47. The van der Waals surface area contributed by atoms with Crippen LogP contribution in [0.4, 0.5) is 0 Å². The first-order valence-electron chi connectivity index (χ1n) is 7.59. The molecule has 1 aromatic carbocycles. The lowest BCUT2D eigenvalue weighted by atomic mass is 9.94. The molecule has 2 heteroatoms. The number of esters is 1. The van der Waals surface area contributed by atoms with Gasteiger partial charge in [-0.05, 0) is 48.4 Å². The highest BCUT2D eigenvalue weighted by molar-refractivity contribution is 5.87. The maximum atomic E-state index is 11.3. The van der Waals surface area contributed by atoms with Gasteiger partial charge in [-0.3, -0.25) is 0 Å². The summed E-state index contributed by atoms with van der Waals surface area (Å²) >= 11 is 0. The average molecular weight is 274 g/mol. The van der Waals surface area contributed by atoms with Gasteiger partial charge in [-0.25, -0.2) is 4.79 Å². The summed E-state index contributed by atoms with van der Waals surface area (Å²) in [5.41, 5.74) is 3.88. The standard InChI is InChI=1S/C18H26O2/c1-4-6-9-15-11-8-12-16(10-7-5-2)17(15)13-14-18(19)20-3/h8,11-14H,4-7,9-10H2,1-3H3/b14-13+. The molecule has 110 valence electrons. The van der Waals surface area contributed by atoms with E-state index in [0.29, 0.717) is 0 Å². The van der Waals surface area contributed by atoms with E-state index in [0.717, 1.165) is 12.8 Å². The number of methoxy groups -OCH3 is 1. The van der Waals surface area contributed by atoms with Crippen LogP contribution in [0.15, 0.2) is 24.3 Å². The Morgan fingerprint density at radius 2 is 1.65 bits per heavy atom. The zero-order valence-corrected chi connectivity index (χ0v) is 12.9. The van der Waals surface area contributed by atoms with Gasteiger partial charge in [0.25, 0.3) is 0 Å². The molecule has 0 bridgehead atoms. The van der Waals surface area contributed by atoms with Gasteiger partial charge in [0, 0.05) is 6.08 Å². The van der Waals surface area contributed by atoms with Crippen LogP contribution in [0.25, 0.3) is 6.08 Å². The molecule has 0 aromatic heterocycles. The van der Waals surface area contributed by atoms with Crippen LogP contribution in [0.5, 0.6) is 0 Å². The molecule has 0 aliphatic heterocycles. The number of rotatable bonds is 8. The van der Waals surface area contributed by atoms with Crippen LogP contribution in [0.3, 0.4) is 0 Å². The molecule has 0 amide bonds. The van der Waals surface area contributed by atoms with Crippen molar-refractivity contribution < 1.29 is 9.53 Å². The van der Waals surface area contributed by atoms with Gasteiger partial charge < -0.3 is 4.74 Å². The van der Waals surface area contributed by atoms with Crippen molar-refractivity contribution in [2.24, 2.45) is 0 Å². The van der Waals surface area contributed by atoms with Crippen LogP contribution in [0.1, 0.15) is 56.2 Å². The van der Waals surface area contributed by atoms with Crippen LogP contribution in [-0.4, -0.2) is 13.1 Å². The Balaban J connectivity index is 3.03. The lowest BCUT2D eigenvalue weighted by molar-refractivity contribution is -0.134. The van der Waals surface area contributed by atoms with E-state index in [9.17, 15) is 4.79 Å². The van der Waals surface area contributed by atoms with Crippen LogP contribution in [-0.2, 0) is 22.4 Å². The second-order valence-corrected chi connectivity index (χ2v) is 5.05. The van der Waals surface area contributed by atoms with Gasteiger partial charge in [-0.1, -0.05) is 44.9 Å². The predicted octanol–water partition coefficient (Wildman–Crippen LogP) is 4.56. The van der Waals surface area contributed by atoms with Gasteiger partial charge in [-0.2, -0.15) is 0 Å².